The van der Waals surface area contributed by atoms with E-state index in [4.69, 9.17) is 5.26 Å². The largest absolute Gasteiger partial charge is 0.293 e. The molecule has 0 amide bonds. The Morgan fingerprint density at radius 2 is 2.40 bits per heavy atom. The van der Waals surface area contributed by atoms with Crippen LogP contribution in [0.3, 0.4) is 0 Å². The first kappa shape index (κ1) is 8.64. The summed E-state index contributed by atoms with van der Waals surface area (Å²) < 4.78 is 0. The summed E-state index contributed by atoms with van der Waals surface area (Å²) in [5.74, 6) is -0.137. The molecule has 0 saturated carbocycles. The minimum absolute atomic E-state index is 0.0455. The van der Waals surface area contributed by atoms with E-state index in [-0.39, 0.29) is 12.2 Å². The second-order valence-electron chi connectivity index (χ2n) is 1.84. The highest BCUT2D eigenvalue weighted by Gasteiger charge is 2.00. The quantitative estimate of drug-likeness (QED) is 0.435. The Bertz CT molecular complexity index is 208. The van der Waals surface area contributed by atoms with E-state index < -0.39 is 0 Å². The fourth-order valence-electron chi connectivity index (χ4n) is 0.481. The highest BCUT2D eigenvalue weighted by atomic mass is 16.1. The van der Waals surface area contributed by atoms with Crippen LogP contribution in [0, 0.1) is 11.3 Å². The first-order chi connectivity index (χ1) is 4.72. The van der Waals surface area contributed by atoms with Gasteiger partial charge in [-0.2, -0.15) is 5.26 Å². The molecule has 2 heteroatoms. The summed E-state index contributed by atoms with van der Waals surface area (Å²) in [6.07, 6.45) is 3.08. The van der Waals surface area contributed by atoms with Gasteiger partial charge in [0.1, 0.15) is 0 Å². The summed E-state index contributed by atoms with van der Waals surface area (Å²) in [6, 6.07) is 1.78. The number of rotatable bonds is 3. The van der Waals surface area contributed by atoms with Gasteiger partial charge in [-0.3, -0.25) is 4.79 Å². The summed E-state index contributed by atoms with van der Waals surface area (Å²) >= 11 is 0. The molecule has 0 saturated heterocycles. The lowest BCUT2D eigenvalue weighted by Crippen LogP contribution is -1.96. The van der Waals surface area contributed by atoms with E-state index in [1.54, 1.807) is 19.1 Å². The number of hydrogen-bond donors (Lipinski definition) is 0. The Kier molecular flexibility index (Phi) is 3.90. The molecule has 0 rings (SSSR count). The Labute approximate surface area is 60.5 Å². The molecule has 0 N–H and O–H groups in total. The predicted molar refractivity (Wildman–Crippen MR) is 39.2 cm³/mol. The van der Waals surface area contributed by atoms with Crippen molar-refractivity contribution in [3.63, 3.8) is 0 Å². The van der Waals surface area contributed by atoms with Crippen molar-refractivity contribution in [2.45, 2.75) is 13.3 Å². The van der Waals surface area contributed by atoms with Crippen LogP contribution in [-0.2, 0) is 4.79 Å². The average Bonchev–Trinajstić information content (AvgIpc) is 1.89. The van der Waals surface area contributed by atoms with Crippen molar-refractivity contribution >= 4 is 5.78 Å². The Balaban J connectivity index is 4.10. The fourth-order valence-corrected chi connectivity index (χ4v) is 0.481. The number of hydrogen-bond acceptors (Lipinski definition) is 2. The van der Waals surface area contributed by atoms with Crippen LogP contribution in [0.15, 0.2) is 24.3 Å². The van der Waals surface area contributed by atoms with Crippen molar-refractivity contribution in [2.75, 3.05) is 0 Å². The lowest BCUT2D eigenvalue weighted by molar-refractivity contribution is -0.114. The third-order valence-corrected chi connectivity index (χ3v) is 1.05. The van der Waals surface area contributed by atoms with Crippen LogP contribution < -0.4 is 0 Å². The summed E-state index contributed by atoms with van der Waals surface area (Å²) in [7, 11) is 0. The van der Waals surface area contributed by atoms with E-state index in [1.165, 1.54) is 6.08 Å². The van der Waals surface area contributed by atoms with Crippen molar-refractivity contribution in [3.05, 3.63) is 24.3 Å². The smallest absolute Gasteiger partial charge is 0.172 e. The molecule has 0 unspecified atom stereocenters. The van der Waals surface area contributed by atoms with Gasteiger partial charge in [0.15, 0.2) is 5.78 Å². The maximum absolute atomic E-state index is 10.8. The molecule has 0 fully saturated rings. The highest BCUT2D eigenvalue weighted by Crippen LogP contribution is 1.97. The molecule has 0 aliphatic rings. The van der Waals surface area contributed by atoms with Gasteiger partial charge in [0.2, 0.25) is 0 Å². The molecule has 0 aromatic rings. The van der Waals surface area contributed by atoms with Crippen LogP contribution in [0.5, 0.6) is 0 Å². The molecule has 0 aliphatic carbocycles. The van der Waals surface area contributed by atoms with Crippen LogP contribution in [0.2, 0.25) is 0 Å². The first-order valence-corrected chi connectivity index (χ1v) is 2.92. The van der Waals surface area contributed by atoms with Crippen molar-refractivity contribution in [1.82, 2.24) is 0 Å². The normalized spacial score (nSPS) is 10.2. The van der Waals surface area contributed by atoms with E-state index in [0.717, 1.165) is 0 Å². The minimum Gasteiger partial charge on any atom is -0.293 e. The summed E-state index contributed by atoms with van der Waals surface area (Å²) in [5, 5.41) is 8.13. The van der Waals surface area contributed by atoms with Gasteiger partial charge in [-0.05, 0) is 12.5 Å². The monoisotopic (exact) mass is 135 g/mol. The molecule has 0 heterocycles. The average molecular weight is 135 g/mol. The standard InChI is InChI=1S/C8H9NO/c1-3-4-7(2)8(10)5-6-9/h3-4H,1,5H2,2H3/b7-4+. The topological polar surface area (TPSA) is 40.9 Å². The SMILES string of the molecule is C=C/C=C(\C)C(=O)CC#N. The number of Topliss-reactive ketones (excluding diaryl/α,β-unsaturated/α-hetero) is 1. The van der Waals surface area contributed by atoms with Gasteiger partial charge in [0.05, 0.1) is 12.5 Å². The minimum atomic E-state index is -0.137. The Morgan fingerprint density at radius 1 is 1.80 bits per heavy atom. The third-order valence-electron chi connectivity index (χ3n) is 1.05. The van der Waals surface area contributed by atoms with Crippen LogP contribution in [-0.4, -0.2) is 5.78 Å². The second-order valence-corrected chi connectivity index (χ2v) is 1.84. The molecule has 0 aromatic carbocycles. The number of allylic oxidation sites excluding steroid dienone is 3. The van der Waals surface area contributed by atoms with E-state index in [1.807, 2.05) is 0 Å². The molecular weight excluding hydrogens is 126 g/mol. The zero-order valence-corrected chi connectivity index (χ0v) is 5.92. The number of carbonyl (C=O) groups excluding carboxylic acids is 1. The van der Waals surface area contributed by atoms with Crippen molar-refractivity contribution in [2.24, 2.45) is 0 Å². The molecule has 0 atom stereocenters. The molecular formula is C8H9NO. The lowest BCUT2D eigenvalue weighted by Gasteiger charge is -1.90. The summed E-state index contributed by atoms with van der Waals surface area (Å²) in [5.41, 5.74) is 0.580. The van der Waals surface area contributed by atoms with E-state index in [2.05, 4.69) is 6.58 Å². The number of carbonyl (C=O) groups is 1. The number of ketones is 1. The first-order valence-electron chi connectivity index (χ1n) is 2.92. The zero-order valence-electron chi connectivity index (χ0n) is 5.92. The molecule has 0 radical (unpaired) electrons. The Hall–Kier alpha value is -1.36. The van der Waals surface area contributed by atoms with Gasteiger partial charge in [-0.25, -0.2) is 0 Å². The molecule has 52 valence electrons. The zero-order chi connectivity index (χ0) is 7.98. The maximum Gasteiger partial charge on any atom is 0.172 e. The van der Waals surface area contributed by atoms with E-state index in [0.29, 0.717) is 5.57 Å². The van der Waals surface area contributed by atoms with Crippen LogP contribution in [0.1, 0.15) is 13.3 Å². The summed E-state index contributed by atoms with van der Waals surface area (Å²) in [6.45, 7) is 5.10. The molecule has 0 aromatic heterocycles. The molecule has 0 bridgehead atoms. The number of nitrogens with zero attached hydrogens (tertiary/aromatic N) is 1. The second kappa shape index (κ2) is 4.51. The van der Waals surface area contributed by atoms with E-state index in [9.17, 15) is 4.79 Å². The van der Waals surface area contributed by atoms with Crippen LogP contribution in [0.4, 0.5) is 0 Å². The van der Waals surface area contributed by atoms with Crippen LogP contribution in [0.25, 0.3) is 0 Å². The lowest BCUT2D eigenvalue weighted by atomic mass is 10.1. The predicted octanol–water partition coefficient (Wildman–Crippen LogP) is 1.60. The molecule has 2 nitrogen and oxygen atoms in total. The van der Waals surface area contributed by atoms with Crippen LogP contribution >= 0.6 is 0 Å². The van der Waals surface area contributed by atoms with Gasteiger partial charge in [-0.1, -0.05) is 18.7 Å². The molecule has 0 spiro atoms. The van der Waals surface area contributed by atoms with E-state index >= 15 is 0 Å². The summed E-state index contributed by atoms with van der Waals surface area (Å²) in [4.78, 5) is 10.8. The van der Waals surface area contributed by atoms with Crippen molar-refractivity contribution in [1.29, 1.82) is 5.26 Å². The number of nitriles is 1. The Morgan fingerprint density at radius 3 is 2.80 bits per heavy atom. The molecule has 10 heavy (non-hydrogen) atoms. The van der Waals surface area contributed by atoms with Crippen molar-refractivity contribution in [3.8, 4) is 6.07 Å². The molecule has 0 aliphatic heterocycles. The highest BCUT2D eigenvalue weighted by molar-refractivity contribution is 5.96. The van der Waals surface area contributed by atoms with Gasteiger partial charge in [-0.15, -0.1) is 0 Å². The van der Waals surface area contributed by atoms with Gasteiger partial charge in [0.25, 0.3) is 0 Å². The van der Waals surface area contributed by atoms with Gasteiger partial charge >= 0.3 is 0 Å². The fraction of sp³-hybridized carbons (Fsp3) is 0.250. The maximum atomic E-state index is 10.8. The van der Waals surface area contributed by atoms with Crippen molar-refractivity contribution < 1.29 is 4.79 Å². The van der Waals surface area contributed by atoms with Gasteiger partial charge in [0, 0.05) is 0 Å². The van der Waals surface area contributed by atoms with Gasteiger partial charge < -0.3 is 0 Å². The third kappa shape index (κ3) is 2.83.